The Morgan fingerprint density at radius 3 is 2.54 bits per heavy atom. The summed E-state index contributed by atoms with van der Waals surface area (Å²) in [6.07, 6.45) is 1.48. The number of hydrogen-bond donors (Lipinski definition) is 0. The summed E-state index contributed by atoms with van der Waals surface area (Å²) in [6, 6.07) is 16.3. The fraction of sp³-hybridized carbons (Fsp3) is 0.0500. The van der Waals surface area contributed by atoms with E-state index in [4.69, 9.17) is 23.2 Å². The molecule has 6 nitrogen and oxygen atoms in total. The molecule has 2 heterocycles. The monoisotopic (exact) mass is 409 g/mol. The molecular weight excluding hydrogens is 397 g/mol. The molecule has 138 valence electrons. The largest absolute Gasteiger partial charge is 0.287 e. The highest BCUT2D eigenvalue weighted by molar-refractivity contribution is 6.37. The molecule has 0 unspecified atom stereocenters. The normalized spacial score (nSPS) is 10.8. The van der Waals surface area contributed by atoms with Gasteiger partial charge in [-0.2, -0.15) is 4.68 Å². The van der Waals surface area contributed by atoms with E-state index in [1.807, 2.05) is 43.3 Å². The van der Waals surface area contributed by atoms with E-state index in [0.717, 1.165) is 17.0 Å². The molecule has 2 aromatic carbocycles. The van der Waals surface area contributed by atoms with E-state index in [9.17, 15) is 4.79 Å². The van der Waals surface area contributed by atoms with Crippen LogP contribution in [0.3, 0.4) is 0 Å². The van der Waals surface area contributed by atoms with Gasteiger partial charge >= 0.3 is 0 Å². The van der Waals surface area contributed by atoms with Crippen LogP contribution in [0.2, 0.25) is 10.0 Å². The standard InChI is InChI=1S/C20H13Cl2N5O/c1-12-9-17(13-5-3-2-4-6-13)24-20(23-12)27-11-18(25-26-27)19(28)15-8-7-14(21)10-16(15)22/h2-11H,1H3. The first kappa shape index (κ1) is 18.3. The van der Waals surface area contributed by atoms with Crippen molar-refractivity contribution < 1.29 is 4.79 Å². The number of aromatic nitrogens is 5. The molecule has 0 aliphatic carbocycles. The summed E-state index contributed by atoms with van der Waals surface area (Å²) in [5.74, 6) is -0.0311. The Hall–Kier alpha value is -3.09. The number of aryl methyl sites for hydroxylation is 1. The molecule has 4 aromatic rings. The summed E-state index contributed by atoms with van der Waals surface area (Å²) >= 11 is 12.0. The maximum absolute atomic E-state index is 12.7. The van der Waals surface area contributed by atoms with Crippen molar-refractivity contribution in [1.82, 2.24) is 25.0 Å². The van der Waals surface area contributed by atoms with Gasteiger partial charge in [0.1, 0.15) is 0 Å². The summed E-state index contributed by atoms with van der Waals surface area (Å²) in [6.45, 7) is 1.87. The summed E-state index contributed by atoms with van der Waals surface area (Å²) in [7, 11) is 0. The van der Waals surface area contributed by atoms with Crippen LogP contribution in [0.5, 0.6) is 0 Å². The Bertz CT molecular complexity index is 1170. The number of hydrogen-bond acceptors (Lipinski definition) is 5. The third-order valence-electron chi connectivity index (χ3n) is 4.02. The van der Waals surface area contributed by atoms with E-state index in [1.165, 1.54) is 16.9 Å². The molecule has 0 spiro atoms. The van der Waals surface area contributed by atoms with Gasteiger partial charge in [0.05, 0.1) is 16.9 Å². The first-order valence-electron chi connectivity index (χ1n) is 8.35. The van der Waals surface area contributed by atoms with Gasteiger partial charge in [0.2, 0.25) is 5.78 Å². The van der Waals surface area contributed by atoms with Crippen LogP contribution in [0.4, 0.5) is 0 Å². The first-order chi connectivity index (χ1) is 13.5. The second-order valence-corrected chi connectivity index (χ2v) is 6.91. The van der Waals surface area contributed by atoms with Gasteiger partial charge in [-0.1, -0.05) is 58.7 Å². The van der Waals surface area contributed by atoms with Crippen molar-refractivity contribution in [3.8, 4) is 17.2 Å². The third-order valence-corrected chi connectivity index (χ3v) is 4.57. The second-order valence-electron chi connectivity index (χ2n) is 6.06. The molecule has 2 aromatic heterocycles. The average molecular weight is 410 g/mol. The third kappa shape index (κ3) is 3.65. The number of carbonyl (C=O) groups is 1. The van der Waals surface area contributed by atoms with Crippen molar-refractivity contribution in [3.05, 3.63) is 87.8 Å². The molecule has 0 radical (unpaired) electrons. The highest BCUT2D eigenvalue weighted by atomic mass is 35.5. The molecule has 0 aliphatic rings. The molecular formula is C20H13Cl2N5O. The minimum atomic E-state index is -0.358. The lowest BCUT2D eigenvalue weighted by molar-refractivity contribution is 0.103. The predicted octanol–water partition coefficient (Wildman–Crippen LogP) is 4.57. The van der Waals surface area contributed by atoms with Gasteiger partial charge in [0.15, 0.2) is 5.69 Å². The molecule has 0 bridgehead atoms. The van der Waals surface area contributed by atoms with Gasteiger partial charge in [-0.15, -0.1) is 5.10 Å². The van der Waals surface area contributed by atoms with Crippen molar-refractivity contribution in [2.75, 3.05) is 0 Å². The first-order valence-corrected chi connectivity index (χ1v) is 9.10. The van der Waals surface area contributed by atoms with Gasteiger partial charge in [-0.05, 0) is 31.2 Å². The number of halogens is 2. The SMILES string of the molecule is Cc1cc(-c2ccccc2)nc(-n2cc(C(=O)c3ccc(Cl)cc3Cl)nn2)n1. The van der Waals surface area contributed by atoms with Crippen LogP contribution < -0.4 is 0 Å². The minimum Gasteiger partial charge on any atom is -0.287 e. The van der Waals surface area contributed by atoms with E-state index in [-0.39, 0.29) is 16.5 Å². The number of rotatable bonds is 4. The van der Waals surface area contributed by atoms with E-state index in [0.29, 0.717) is 16.5 Å². The van der Waals surface area contributed by atoms with Gasteiger partial charge in [-0.3, -0.25) is 4.79 Å². The van der Waals surface area contributed by atoms with E-state index < -0.39 is 0 Å². The van der Waals surface area contributed by atoms with Crippen molar-refractivity contribution in [3.63, 3.8) is 0 Å². The molecule has 0 N–H and O–H groups in total. The summed E-state index contributed by atoms with van der Waals surface area (Å²) in [4.78, 5) is 21.6. The Kier molecular flexibility index (Phi) is 4.90. The maximum Gasteiger partial charge on any atom is 0.252 e. The van der Waals surface area contributed by atoms with Crippen LogP contribution in [0.15, 0.2) is 60.8 Å². The lowest BCUT2D eigenvalue weighted by atomic mass is 10.1. The van der Waals surface area contributed by atoms with E-state index in [1.54, 1.807) is 12.1 Å². The Morgan fingerprint density at radius 1 is 1.00 bits per heavy atom. The Morgan fingerprint density at radius 2 is 1.79 bits per heavy atom. The Balaban J connectivity index is 1.70. The van der Waals surface area contributed by atoms with Crippen LogP contribution in [0, 0.1) is 6.92 Å². The lowest BCUT2D eigenvalue weighted by Gasteiger charge is -2.05. The highest BCUT2D eigenvalue weighted by Crippen LogP contribution is 2.23. The molecule has 8 heteroatoms. The minimum absolute atomic E-state index is 0.135. The van der Waals surface area contributed by atoms with E-state index >= 15 is 0 Å². The summed E-state index contributed by atoms with van der Waals surface area (Å²) in [5.41, 5.74) is 2.92. The number of benzene rings is 2. The second kappa shape index (κ2) is 7.50. The maximum atomic E-state index is 12.7. The summed E-state index contributed by atoms with van der Waals surface area (Å²) < 4.78 is 1.37. The van der Waals surface area contributed by atoms with Crippen LogP contribution in [-0.4, -0.2) is 30.7 Å². The molecule has 4 rings (SSSR count). The zero-order valence-corrected chi connectivity index (χ0v) is 16.2. The van der Waals surface area contributed by atoms with Crippen molar-refractivity contribution >= 4 is 29.0 Å². The summed E-state index contributed by atoms with van der Waals surface area (Å²) in [5, 5.41) is 8.67. The smallest absolute Gasteiger partial charge is 0.252 e. The van der Waals surface area contributed by atoms with Crippen molar-refractivity contribution in [1.29, 1.82) is 0 Å². The number of carbonyl (C=O) groups excluding carboxylic acids is 1. The number of nitrogens with zero attached hydrogens (tertiary/aromatic N) is 5. The zero-order valence-electron chi connectivity index (χ0n) is 14.7. The molecule has 0 amide bonds. The molecule has 28 heavy (non-hydrogen) atoms. The van der Waals surface area contributed by atoms with Crippen LogP contribution >= 0.6 is 23.2 Å². The van der Waals surface area contributed by atoms with Gasteiger partial charge < -0.3 is 0 Å². The Labute approximate surface area is 170 Å². The highest BCUT2D eigenvalue weighted by Gasteiger charge is 2.18. The van der Waals surface area contributed by atoms with Gasteiger partial charge in [0, 0.05) is 21.8 Å². The molecule has 0 aliphatic heterocycles. The quantitative estimate of drug-likeness (QED) is 0.461. The van der Waals surface area contributed by atoms with Gasteiger partial charge in [0.25, 0.3) is 5.95 Å². The van der Waals surface area contributed by atoms with Crippen LogP contribution in [0.1, 0.15) is 21.7 Å². The van der Waals surface area contributed by atoms with Crippen molar-refractivity contribution in [2.45, 2.75) is 6.92 Å². The number of ketones is 1. The van der Waals surface area contributed by atoms with Crippen LogP contribution in [-0.2, 0) is 0 Å². The van der Waals surface area contributed by atoms with Gasteiger partial charge in [-0.25, -0.2) is 9.97 Å². The molecule has 0 saturated heterocycles. The fourth-order valence-corrected chi connectivity index (χ4v) is 3.18. The molecule has 0 fully saturated rings. The molecule has 0 saturated carbocycles. The van der Waals surface area contributed by atoms with E-state index in [2.05, 4.69) is 20.3 Å². The topological polar surface area (TPSA) is 73.6 Å². The van der Waals surface area contributed by atoms with Crippen molar-refractivity contribution in [2.24, 2.45) is 0 Å². The lowest BCUT2D eigenvalue weighted by Crippen LogP contribution is -2.05. The average Bonchev–Trinajstić information content (AvgIpc) is 3.18. The van der Waals surface area contributed by atoms with Crippen LogP contribution in [0.25, 0.3) is 17.2 Å². The predicted molar refractivity (Wildman–Crippen MR) is 107 cm³/mol. The molecule has 0 atom stereocenters. The zero-order chi connectivity index (χ0) is 19.7. The fourth-order valence-electron chi connectivity index (χ4n) is 2.69.